The standard InChI is InChI=1S/C21H25F3N4O3/c1-11(14-7-6-13(22)8-15(14)23)26-19-25-9-16(24)18(27-19)28-17(10-30-20(28)29)12(2)31-21(3,4)5/h6-9,11-12,17H,10H2,1-5H3,(H,25,26,27)/t11-,12+,17+/m0/s1. The van der Waals surface area contributed by atoms with Crippen LogP contribution in [0.5, 0.6) is 0 Å². The van der Waals surface area contributed by atoms with Crippen LogP contribution in [0.3, 0.4) is 0 Å². The molecule has 0 radical (unpaired) electrons. The molecule has 1 aromatic heterocycles. The molecule has 0 aliphatic carbocycles. The van der Waals surface area contributed by atoms with Gasteiger partial charge in [-0.3, -0.25) is 0 Å². The molecule has 3 atom stereocenters. The van der Waals surface area contributed by atoms with Gasteiger partial charge in [0.15, 0.2) is 11.6 Å². The number of benzene rings is 1. The normalized spacial score (nSPS) is 18.6. The summed E-state index contributed by atoms with van der Waals surface area (Å²) in [6.45, 7) is 9.01. The summed E-state index contributed by atoms with van der Waals surface area (Å²) >= 11 is 0. The molecule has 31 heavy (non-hydrogen) atoms. The van der Waals surface area contributed by atoms with Crippen LogP contribution >= 0.6 is 0 Å². The lowest BCUT2D eigenvalue weighted by Crippen LogP contribution is -2.45. The Morgan fingerprint density at radius 3 is 2.58 bits per heavy atom. The molecule has 0 unspecified atom stereocenters. The van der Waals surface area contributed by atoms with Crippen molar-refractivity contribution in [3.8, 4) is 0 Å². The van der Waals surface area contributed by atoms with Crippen molar-refractivity contribution in [2.45, 2.75) is 58.4 Å². The van der Waals surface area contributed by atoms with Gasteiger partial charge in [-0.05, 0) is 40.7 Å². The molecular formula is C21H25F3N4O3. The SMILES string of the molecule is C[C@H](Nc1ncc(F)c(N2C(=O)OC[C@@H]2[C@@H](C)OC(C)(C)C)n1)c1ccc(F)cc1F. The van der Waals surface area contributed by atoms with Crippen LogP contribution in [-0.4, -0.2) is 40.4 Å². The fourth-order valence-corrected chi connectivity index (χ4v) is 3.38. The highest BCUT2D eigenvalue weighted by atomic mass is 19.1. The fraction of sp³-hybridized carbons (Fsp3) is 0.476. The first-order valence-electron chi connectivity index (χ1n) is 9.84. The zero-order valence-corrected chi connectivity index (χ0v) is 17.9. The Balaban J connectivity index is 1.86. The number of hydrogen-bond donors (Lipinski definition) is 1. The largest absolute Gasteiger partial charge is 0.447 e. The summed E-state index contributed by atoms with van der Waals surface area (Å²) in [5.74, 6) is -2.56. The van der Waals surface area contributed by atoms with Crippen LogP contribution in [-0.2, 0) is 9.47 Å². The van der Waals surface area contributed by atoms with Gasteiger partial charge in [-0.15, -0.1) is 0 Å². The van der Waals surface area contributed by atoms with E-state index in [1.165, 1.54) is 6.07 Å². The van der Waals surface area contributed by atoms with Crippen molar-refractivity contribution in [1.82, 2.24) is 9.97 Å². The molecule has 1 aromatic carbocycles. The zero-order chi connectivity index (χ0) is 22.9. The smallest absolute Gasteiger partial charge is 0.416 e. The van der Waals surface area contributed by atoms with Crippen LogP contribution in [0.2, 0.25) is 0 Å². The Morgan fingerprint density at radius 2 is 1.94 bits per heavy atom. The molecule has 1 saturated heterocycles. The zero-order valence-electron chi connectivity index (χ0n) is 17.9. The second kappa shape index (κ2) is 8.70. The molecule has 7 nitrogen and oxygen atoms in total. The van der Waals surface area contributed by atoms with Gasteiger partial charge in [-0.2, -0.15) is 4.98 Å². The molecule has 2 heterocycles. The molecule has 2 aromatic rings. The number of ether oxygens (including phenoxy) is 2. The lowest BCUT2D eigenvalue weighted by Gasteiger charge is -2.31. The quantitative estimate of drug-likeness (QED) is 0.711. The molecule has 3 rings (SSSR count). The number of aromatic nitrogens is 2. The third-order valence-corrected chi connectivity index (χ3v) is 4.72. The molecule has 1 aliphatic heterocycles. The van der Waals surface area contributed by atoms with E-state index in [9.17, 15) is 18.0 Å². The summed E-state index contributed by atoms with van der Waals surface area (Å²) in [7, 11) is 0. The Bertz CT molecular complexity index is 967. The summed E-state index contributed by atoms with van der Waals surface area (Å²) in [4.78, 5) is 21.4. The minimum Gasteiger partial charge on any atom is -0.447 e. The second-order valence-corrected chi connectivity index (χ2v) is 8.35. The monoisotopic (exact) mass is 438 g/mol. The lowest BCUT2D eigenvalue weighted by atomic mass is 10.1. The second-order valence-electron chi connectivity index (χ2n) is 8.35. The summed E-state index contributed by atoms with van der Waals surface area (Å²) in [5.41, 5.74) is -0.302. The average Bonchev–Trinajstić information content (AvgIpc) is 3.03. The van der Waals surface area contributed by atoms with Gasteiger partial charge >= 0.3 is 6.09 Å². The Hall–Kier alpha value is -2.88. The first kappa shape index (κ1) is 22.8. The van der Waals surface area contributed by atoms with Crippen LogP contribution in [0.25, 0.3) is 0 Å². The Kier molecular flexibility index (Phi) is 6.40. The van der Waals surface area contributed by atoms with E-state index in [0.717, 1.165) is 23.2 Å². The van der Waals surface area contributed by atoms with Crippen LogP contribution in [0.4, 0.5) is 29.7 Å². The topological polar surface area (TPSA) is 76.6 Å². The highest BCUT2D eigenvalue weighted by molar-refractivity contribution is 5.89. The molecule has 0 spiro atoms. The van der Waals surface area contributed by atoms with Crippen molar-refractivity contribution in [3.63, 3.8) is 0 Å². The number of carbonyl (C=O) groups excluding carboxylic acids is 1. The maximum atomic E-state index is 14.6. The average molecular weight is 438 g/mol. The molecule has 1 aliphatic rings. The number of amides is 1. The number of anilines is 2. The van der Waals surface area contributed by atoms with Crippen LogP contribution in [0, 0.1) is 17.5 Å². The fourth-order valence-electron chi connectivity index (χ4n) is 3.38. The van der Waals surface area contributed by atoms with Gasteiger partial charge in [0, 0.05) is 11.6 Å². The van der Waals surface area contributed by atoms with Gasteiger partial charge in [0.25, 0.3) is 0 Å². The number of rotatable bonds is 6. The lowest BCUT2D eigenvalue weighted by molar-refractivity contribution is -0.0618. The number of hydrogen-bond acceptors (Lipinski definition) is 6. The maximum absolute atomic E-state index is 14.6. The van der Waals surface area contributed by atoms with Crippen molar-refractivity contribution < 1.29 is 27.4 Å². The molecule has 1 N–H and O–H groups in total. The van der Waals surface area contributed by atoms with E-state index in [1.54, 1.807) is 13.8 Å². The van der Waals surface area contributed by atoms with E-state index in [2.05, 4.69) is 15.3 Å². The van der Waals surface area contributed by atoms with Crippen LogP contribution < -0.4 is 10.2 Å². The van der Waals surface area contributed by atoms with E-state index in [-0.39, 0.29) is 23.9 Å². The number of nitrogens with one attached hydrogen (secondary N) is 1. The first-order chi connectivity index (χ1) is 14.5. The van der Waals surface area contributed by atoms with Gasteiger partial charge in [-0.25, -0.2) is 27.8 Å². The molecular weight excluding hydrogens is 413 g/mol. The predicted octanol–water partition coefficient (Wildman–Crippen LogP) is 4.60. The number of nitrogens with zero attached hydrogens (tertiary/aromatic N) is 3. The number of carbonyl (C=O) groups is 1. The van der Waals surface area contributed by atoms with Gasteiger partial charge in [0.1, 0.15) is 24.3 Å². The maximum Gasteiger partial charge on any atom is 0.416 e. The molecule has 1 amide bonds. The minimum atomic E-state index is -0.821. The summed E-state index contributed by atoms with van der Waals surface area (Å²) < 4.78 is 52.8. The van der Waals surface area contributed by atoms with Crippen LogP contribution in [0.15, 0.2) is 24.4 Å². The third-order valence-electron chi connectivity index (χ3n) is 4.72. The van der Waals surface area contributed by atoms with Crippen molar-refractivity contribution in [2.24, 2.45) is 0 Å². The predicted molar refractivity (Wildman–Crippen MR) is 108 cm³/mol. The van der Waals surface area contributed by atoms with E-state index < -0.39 is 47.3 Å². The Labute approximate surface area is 178 Å². The molecule has 0 saturated carbocycles. The van der Waals surface area contributed by atoms with Gasteiger partial charge < -0.3 is 14.8 Å². The van der Waals surface area contributed by atoms with Crippen molar-refractivity contribution in [3.05, 3.63) is 47.4 Å². The van der Waals surface area contributed by atoms with Gasteiger partial charge in [0.05, 0.1) is 23.9 Å². The highest BCUT2D eigenvalue weighted by Crippen LogP contribution is 2.29. The van der Waals surface area contributed by atoms with E-state index in [4.69, 9.17) is 9.47 Å². The van der Waals surface area contributed by atoms with Gasteiger partial charge in [-0.1, -0.05) is 6.07 Å². The molecule has 0 bridgehead atoms. The molecule has 1 fully saturated rings. The first-order valence-corrected chi connectivity index (χ1v) is 9.84. The van der Waals surface area contributed by atoms with Crippen molar-refractivity contribution in [1.29, 1.82) is 0 Å². The van der Waals surface area contributed by atoms with Crippen LogP contribution in [0.1, 0.15) is 46.2 Å². The molecule has 10 heteroatoms. The summed E-state index contributed by atoms with van der Waals surface area (Å²) in [5, 5.41) is 2.85. The van der Waals surface area contributed by atoms with Crippen molar-refractivity contribution in [2.75, 3.05) is 16.8 Å². The summed E-state index contributed by atoms with van der Waals surface area (Å²) in [6, 6.07) is 1.95. The Morgan fingerprint density at radius 1 is 1.23 bits per heavy atom. The van der Waals surface area contributed by atoms with E-state index >= 15 is 0 Å². The number of cyclic esters (lactones) is 1. The van der Waals surface area contributed by atoms with E-state index in [1.807, 2.05) is 20.8 Å². The third kappa shape index (κ3) is 5.25. The summed E-state index contributed by atoms with van der Waals surface area (Å²) in [6.07, 6.45) is -0.309. The number of halogens is 3. The van der Waals surface area contributed by atoms with Gasteiger partial charge in [0.2, 0.25) is 5.95 Å². The van der Waals surface area contributed by atoms with Crippen molar-refractivity contribution >= 4 is 17.9 Å². The minimum absolute atomic E-state index is 0.0134. The van der Waals surface area contributed by atoms with E-state index in [0.29, 0.717) is 0 Å². The molecule has 168 valence electrons. The highest BCUT2D eigenvalue weighted by Gasteiger charge is 2.41.